The SMILES string of the molecule is Cn1nnc2cc(C(=O)N3CC[C@H](C(=O)O)C3)ccc21. The zero-order valence-corrected chi connectivity index (χ0v) is 11.0. The first kappa shape index (κ1) is 12.6. The van der Waals surface area contributed by atoms with Crippen LogP contribution < -0.4 is 0 Å². The molecule has 1 fully saturated rings. The number of carbonyl (C=O) groups excluding carboxylic acids is 1. The third-order valence-corrected chi connectivity index (χ3v) is 3.68. The third kappa shape index (κ3) is 2.01. The highest BCUT2D eigenvalue weighted by molar-refractivity contribution is 5.97. The molecule has 2 heterocycles. The van der Waals surface area contributed by atoms with Gasteiger partial charge in [0.25, 0.3) is 5.91 Å². The van der Waals surface area contributed by atoms with Crippen LogP contribution >= 0.6 is 0 Å². The summed E-state index contributed by atoms with van der Waals surface area (Å²) in [6.07, 6.45) is 0.508. The molecule has 0 bridgehead atoms. The summed E-state index contributed by atoms with van der Waals surface area (Å²) in [7, 11) is 1.79. The molecule has 7 heteroatoms. The Kier molecular flexibility index (Phi) is 2.89. The predicted octanol–water partition coefficient (Wildman–Crippen LogP) is 0.515. The minimum Gasteiger partial charge on any atom is -0.481 e. The van der Waals surface area contributed by atoms with Gasteiger partial charge in [-0.2, -0.15) is 0 Å². The predicted molar refractivity (Wildman–Crippen MR) is 70.2 cm³/mol. The Morgan fingerprint density at radius 1 is 1.40 bits per heavy atom. The van der Waals surface area contributed by atoms with Gasteiger partial charge in [0.1, 0.15) is 5.52 Å². The van der Waals surface area contributed by atoms with Crippen molar-refractivity contribution in [1.29, 1.82) is 0 Å². The molecule has 0 unspecified atom stereocenters. The second-order valence-electron chi connectivity index (χ2n) is 4.99. The van der Waals surface area contributed by atoms with E-state index < -0.39 is 11.9 Å². The third-order valence-electron chi connectivity index (χ3n) is 3.68. The number of aliphatic carboxylic acids is 1. The summed E-state index contributed by atoms with van der Waals surface area (Å²) in [6.45, 7) is 0.751. The van der Waals surface area contributed by atoms with Crippen molar-refractivity contribution in [3.05, 3.63) is 23.8 Å². The van der Waals surface area contributed by atoms with E-state index in [0.717, 1.165) is 5.52 Å². The van der Waals surface area contributed by atoms with Gasteiger partial charge >= 0.3 is 5.97 Å². The van der Waals surface area contributed by atoms with Crippen molar-refractivity contribution >= 4 is 22.9 Å². The number of fused-ring (bicyclic) bond motifs is 1. The summed E-state index contributed by atoms with van der Waals surface area (Å²) in [5.74, 6) is -1.45. The Morgan fingerprint density at radius 2 is 2.20 bits per heavy atom. The lowest BCUT2D eigenvalue weighted by molar-refractivity contribution is -0.141. The van der Waals surface area contributed by atoms with E-state index in [-0.39, 0.29) is 12.5 Å². The van der Waals surface area contributed by atoms with E-state index in [2.05, 4.69) is 10.3 Å². The molecule has 0 radical (unpaired) electrons. The van der Waals surface area contributed by atoms with Gasteiger partial charge in [-0.25, -0.2) is 4.68 Å². The van der Waals surface area contributed by atoms with Crippen molar-refractivity contribution < 1.29 is 14.7 Å². The molecule has 1 atom stereocenters. The molecule has 2 aromatic rings. The number of aryl methyl sites for hydroxylation is 1. The summed E-state index contributed by atoms with van der Waals surface area (Å²) >= 11 is 0. The van der Waals surface area contributed by atoms with Gasteiger partial charge in [0, 0.05) is 25.7 Å². The van der Waals surface area contributed by atoms with E-state index >= 15 is 0 Å². The first-order valence-corrected chi connectivity index (χ1v) is 6.38. The summed E-state index contributed by atoms with van der Waals surface area (Å²) in [5, 5.41) is 16.8. The molecular formula is C13H14N4O3. The number of likely N-dealkylation sites (tertiary alicyclic amines) is 1. The topological polar surface area (TPSA) is 88.3 Å². The Bertz CT molecular complexity index is 694. The highest BCUT2D eigenvalue weighted by atomic mass is 16.4. The summed E-state index contributed by atoms with van der Waals surface area (Å²) in [6, 6.07) is 5.22. The average molecular weight is 274 g/mol. The van der Waals surface area contributed by atoms with Crippen LogP contribution in [-0.4, -0.2) is 50.0 Å². The Hall–Kier alpha value is -2.44. The van der Waals surface area contributed by atoms with Crippen LogP contribution in [0.4, 0.5) is 0 Å². The van der Waals surface area contributed by atoms with Gasteiger partial charge in [-0.1, -0.05) is 5.21 Å². The van der Waals surface area contributed by atoms with Gasteiger partial charge in [0.05, 0.1) is 11.4 Å². The lowest BCUT2D eigenvalue weighted by Gasteiger charge is -2.15. The molecule has 20 heavy (non-hydrogen) atoms. The molecule has 7 nitrogen and oxygen atoms in total. The first-order chi connectivity index (χ1) is 9.56. The van der Waals surface area contributed by atoms with Crippen LogP contribution in [-0.2, 0) is 11.8 Å². The molecule has 1 saturated heterocycles. The Morgan fingerprint density at radius 3 is 2.90 bits per heavy atom. The number of hydrogen-bond acceptors (Lipinski definition) is 4. The largest absolute Gasteiger partial charge is 0.481 e. The molecule has 1 aliphatic rings. The van der Waals surface area contributed by atoms with E-state index in [4.69, 9.17) is 5.11 Å². The van der Waals surface area contributed by atoms with Crippen molar-refractivity contribution in [1.82, 2.24) is 19.9 Å². The monoisotopic (exact) mass is 274 g/mol. The van der Waals surface area contributed by atoms with Crippen LogP contribution in [0.3, 0.4) is 0 Å². The van der Waals surface area contributed by atoms with Gasteiger partial charge in [-0.3, -0.25) is 9.59 Å². The highest BCUT2D eigenvalue weighted by Gasteiger charge is 2.31. The Labute approximate surface area is 114 Å². The highest BCUT2D eigenvalue weighted by Crippen LogP contribution is 2.20. The molecule has 1 aliphatic heterocycles. The van der Waals surface area contributed by atoms with Crippen LogP contribution in [0.25, 0.3) is 11.0 Å². The first-order valence-electron chi connectivity index (χ1n) is 6.38. The maximum absolute atomic E-state index is 12.3. The minimum atomic E-state index is -0.843. The molecule has 1 aromatic carbocycles. The van der Waals surface area contributed by atoms with Crippen LogP contribution in [0.15, 0.2) is 18.2 Å². The Balaban J connectivity index is 1.84. The fourth-order valence-corrected chi connectivity index (χ4v) is 2.50. The number of hydrogen-bond donors (Lipinski definition) is 1. The molecule has 3 rings (SSSR count). The van der Waals surface area contributed by atoms with E-state index in [9.17, 15) is 9.59 Å². The summed E-state index contributed by atoms with van der Waals surface area (Å²) in [5.41, 5.74) is 2.03. The number of benzene rings is 1. The number of carboxylic acid groups (broad SMARTS) is 1. The number of carbonyl (C=O) groups is 2. The van der Waals surface area contributed by atoms with E-state index in [1.165, 1.54) is 0 Å². The molecule has 1 aromatic heterocycles. The molecule has 0 aliphatic carbocycles. The van der Waals surface area contributed by atoms with Crippen LogP contribution in [0.2, 0.25) is 0 Å². The molecule has 1 N–H and O–H groups in total. The van der Waals surface area contributed by atoms with Crippen molar-refractivity contribution in [3.8, 4) is 0 Å². The number of amides is 1. The van der Waals surface area contributed by atoms with Crippen molar-refractivity contribution in [2.45, 2.75) is 6.42 Å². The maximum Gasteiger partial charge on any atom is 0.308 e. The average Bonchev–Trinajstić information content (AvgIpc) is 3.05. The molecule has 0 saturated carbocycles. The molecule has 1 amide bonds. The quantitative estimate of drug-likeness (QED) is 0.862. The zero-order chi connectivity index (χ0) is 14.3. The lowest BCUT2D eigenvalue weighted by Crippen LogP contribution is -2.29. The number of nitrogens with zero attached hydrogens (tertiary/aromatic N) is 4. The van der Waals surface area contributed by atoms with Crippen molar-refractivity contribution in [2.24, 2.45) is 13.0 Å². The second-order valence-corrected chi connectivity index (χ2v) is 4.99. The number of rotatable bonds is 2. The molecule has 104 valence electrons. The standard InChI is InChI=1S/C13H14N4O3/c1-16-11-3-2-8(6-10(11)14-15-16)12(18)17-5-4-9(7-17)13(19)20/h2-3,6,9H,4-5,7H2,1H3,(H,19,20)/t9-/m0/s1. The zero-order valence-electron chi connectivity index (χ0n) is 11.0. The van der Waals surface area contributed by atoms with Crippen LogP contribution in [0.5, 0.6) is 0 Å². The van der Waals surface area contributed by atoms with Crippen LogP contribution in [0.1, 0.15) is 16.8 Å². The number of carboxylic acids is 1. The fourth-order valence-electron chi connectivity index (χ4n) is 2.50. The van der Waals surface area contributed by atoms with Gasteiger partial charge in [-0.05, 0) is 24.6 Å². The second kappa shape index (κ2) is 4.59. The van der Waals surface area contributed by atoms with Crippen molar-refractivity contribution in [2.75, 3.05) is 13.1 Å². The lowest BCUT2D eigenvalue weighted by atomic mass is 10.1. The molecular weight excluding hydrogens is 260 g/mol. The van der Waals surface area contributed by atoms with Crippen molar-refractivity contribution in [3.63, 3.8) is 0 Å². The van der Waals surface area contributed by atoms with E-state index in [1.807, 2.05) is 0 Å². The summed E-state index contributed by atoms with van der Waals surface area (Å²) < 4.78 is 1.64. The normalized spacial score (nSPS) is 18.6. The fraction of sp³-hybridized carbons (Fsp3) is 0.385. The van der Waals surface area contributed by atoms with E-state index in [0.29, 0.717) is 24.0 Å². The minimum absolute atomic E-state index is 0.152. The van der Waals surface area contributed by atoms with Crippen LogP contribution in [0, 0.1) is 5.92 Å². The van der Waals surface area contributed by atoms with Gasteiger partial charge in [-0.15, -0.1) is 5.10 Å². The maximum atomic E-state index is 12.3. The summed E-state index contributed by atoms with van der Waals surface area (Å²) in [4.78, 5) is 24.8. The smallest absolute Gasteiger partial charge is 0.308 e. The van der Waals surface area contributed by atoms with E-state index in [1.54, 1.807) is 34.8 Å². The van der Waals surface area contributed by atoms with Gasteiger partial charge < -0.3 is 10.0 Å². The van der Waals surface area contributed by atoms with Gasteiger partial charge in [0.2, 0.25) is 0 Å². The molecule has 0 spiro atoms. The number of aromatic nitrogens is 3. The van der Waals surface area contributed by atoms with Gasteiger partial charge in [0.15, 0.2) is 0 Å².